The van der Waals surface area contributed by atoms with E-state index in [-0.39, 0.29) is 9.68 Å². The molecule has 0 atom stereocenters. The zero-order valence-electron chi connectivity index (χ0n) is 8.40. The molecular weight excluding hydrogens is 164 g/mol. The molecule has 0 amide bonds. The van der Waals surface area contributed by atoms with Crippen molar-refractivity contribution in [1.82, 2.24) is 10.3 Å². The van der Waals surface area contributed by atoms with Crippen molar-refractivity contribution < 1.29 is 0 Å². The summed E-state index contributed by atoms with van der Waals surface area (Å²) in [6, 6.07) is 0. The largest absolute Gasteiger partial charge is 0.327 e. The molecule has 0 rings (SSSR count). The van der Waals surface area contributed by atoms with Crippen LogP contribution in [0.1, 0.15) is 33.1 Å². The van der Waals surface area contributed by atoms with Gasteiger partial charge >= 0.3 is 0 Å². The van der Waals surface area contributed by atoms with Crippen LogP contribution in [0.25, 0.3) is 0 Å². The SMILES string of the molecule is CCCCC=C[SiH2]NCNCC. The number of hydrogen-bond acceptors (Lipinski definition) is 2. The molecule has 2 nitrogen and oxygen atoms in total. The molecule has 0 aliphatic carbocycles. The van der Waals surface area contributed by atoms with Crippen molar-refractivity contribution in [3.63, 3.8) is 0 Å². The number of rotatable bonds is 8. The van der Waals surface area contributed by atoms with Crippen molar-refractivity contribution in [1.29, 1.82) is 0 Å². The molecular formula is C9H22N2Si. The Bertz CT molecular complexity index is 105. The minimum atomic E-state index is -0.130. The molecule has 0 unspecified atom stereocenters. The standard InChI is InChI=1S/C9H22N2Si/c1-3-5-6-7-8-12-11-9-10-4-2/h7-8,10-11H,3-6,9,12H2,1-2H3. The van der Waals surface area contributed by atoms with Crippen molar-refractivity contribution in [2.24, 2.45) is 0 Å². The van der Waals surface area contributed by atoms with Crippen LogP contribution in [0, 0.1) is 0 Å². The number of nitrogens with one attached hydrogen (secondary N) is 2. The molecule has 0 fully saturated rings. The van der Waals surface area contributed by atoms with Gasteiger partial charge in [0.1, 0.15) is 9.68 Å². The van der Waals surface area contributed by atoms with Gasteiger partial charge < -0.3 is 10.3 Å². The predicted molar refractivity (Wildman–Crippen MR) is 58.9 cm³/mol. The highest BCUT2D eigenvalue weighted by molar-refractivity contribution is 6.38. The van der Waals surface area contributed by atoms with Gasteiger partial charge in [-0.3, -0.25) is 0 Å². The maximum atomic E-state index is 3.40. The summed E-state index contributed by atoms with van der Waals surface area (Å²) in [5.41, 5.74) is 2.34. The third-order valence-corrected chi connectivity index (χ3v) is 2.76. The fraction of sp³-hybridized carbons (Fsp3) is 0.778. The maximum absolute atomic E-state index is 3.40. The Morgan fingerprint density at radius 3 is 2.83 bits per heavy atom. The van der Waals surface area contributed by atoms with E-state index < -0.39 is 0 Å². The first kappa shape index (κ1) is 11.9. The smallest absolute Gasteiger partial charge is 0.117 e. The Kier molecular flexibility index (Phi) is 10.8. The van der Waals surface area contributed by atoms with Crippen molar-refractivity contribution in [2.45, 2.75) is 33.1 Å². The molecule has 0 heterocycles. The normalized spacial score (nSPS) is 12.2. The van der Waals surface area contributed by atoms with Crippen molar-refractivity contribution in [3.05, 3.63) is 11.8 Å². The van der Waals surface area contributed by atoms with Gasteiger partial charge in [0.05, 0.1) is 0 Å². The van der Waals surface area contributed by atoms with Crippen LogP contribution in [0.5, 0.6) is 0 Å². The predicted octanol–water partition coefficient (Wildman–Crippen LogP) is 0.931. The van der Waals surface area contributed by atoms with Gasteiger partial charge in [0, 0.05) is 6.67 Å². The molecule has 0 radical (unpaired) electrons. The maximum Gasteiger partial charge on any atom is 0.117 e. The van der Waals surface area contributed by atoms with Gasteiger partial charge in [-0.15, -0.1) is 0 Å². The number of allylic oxidation sites excluding steroid dienone is 1. The first-order valence-electron chi connectivity index (χ1n) is 4.98. The van der Waals surface area contributed by atoms with E-state index in [4.69, 9.17) is 0 Å². The summed E-state index contributed by atoms with van der Waals surface area (Å²) in [6.07, 6.45) is 6.20. The number of hydrogen-bond donors (Lipinski definition) is 2. The second kappa shape index (κ2) is 10.9. The highest BCUT2D eigenvalue weighted by Crippen LogP contribution is 1.93. The van der Waals surface area contributed by atoms with Gasteiger partial charge in [0.25, 0.3) is 0 Å². The molecule has 0 bridgehead atoms. The van der Waals surface area contributed by atoms with E-state index >= 15 is 0 Å². The van der Waals surface area contributed by atoms with Crippen molar-refractivity contribution >= 4 is 9.68 Å². The average molecular weight is 186 g/mol. The Morgan fingerprint density at radius 1 is 1.33 bits per heavy atom. The van der Waals surface area contributed by atoms with Gasteiger partial charge in [-0.1, -0.05) is 38.5 Å². The van der Waals surface area contributed by atoms with Crippen LogP contribution < -0.4 is 10.3 Å². The van der Waals surface area contributed by atoms with Crippen LogP contribution in [-0.2, 0) is 0 Å². The fourth-order valence-electron chi connectivity index (χ4n) is 0.892. The molecule has 0 saturated carbocycles. The van der Waals surface area contributed by atoms with E-state index in [2.05, 4.69) is 35.9 Å². The molecule has 3 heteroatoms. The van der Waals surface area contributed by atoms with Crippen molar-refractivity contribution in [2.75, 3.05) is 13.2 Å². The zero-order chi connectivity index (χ0) is 9.07. The van der Waals surface area contributed by atoms with Gasteiger partial charge in [-0.25, -0.2) is 0 Å². The molecule has 0 aliphatic heterocycles. The van der Waals surface area contributed by atoms with Gasteiger partial charge in [-0.2, -0.15) is 0 Å². The highest BCUT2D eigenvalue weighted by atomic mass is 28.2. The van der Waals surface area contributed by atoms with E-state index in [1.807, 2.05) is 0 Å². The Morgan fingerprint density at radius 2 is 2.17 bits per heavy atom. The van der Waals surface area contributed by atoms with Crippen molar-refractivity contribution in [3.8, 4) is 0 Å². The number of unbranched alkanes of at least 4 members (excludes halogenated alkanes) is 2. The second-order valence-corrected chi connectivity index (χ2v) is 4.23. The van der Waals surface area contributed by atoms with Crippen LogP contribution in [-0.4, -0.2) is 22.9 Å². The molecule has 0 saturated heterocycles. The summed E-state index contributed by atoms with van der Waals surface area (Å²) in [4.78, 5) is 3.40. The zero-order valence-corrected chi connectivity index (χ0v) is 9.81. The fourth-order valence-corrected chi connectivity index (χ4v) is 1.78. The van der Waals surface area contributed by atoms with Crippen LogP contribution in [0.2, 0.25) is 0 Å². The minimum absolute atomic E-state index is 0.130. The third-order valence-electron chi connectivity index (χ3n) is 1.65. The highest BCUT2D eigenvalue weighted by Gasteiger charge is 1.81. The van der Waals surface area contributed by atoms with Gasteiger partial charge in [0.15, 0.2) is 0 Å². The van der Waals surface area contributed by atoms with Gasteiger partial charge in [0.2, 0.25) is 0 Å². The molecule has 0 spiro atoms. The summed E-state index contributed by atoms with van der Waals surface area (Å²) in [5.74, 6) is 0. The summed E-state index contributed by atoms with van der Waals surface area (Å²) in [6.45, 7) is 6.39. The monoisotopic (exact) mass is 186 g/mol. The first-order valence-corrected chi connectivity index (χ1v) is 6.50. The Balaban J connectivity index is 2.92. The molecule has 2 N–H and O–H groups in total. The third kappa shape index (κ3) is 9.88. The van der Waals surface area contributed by atoms with Crippen LogP contribution >= 0.6 is 0 Å². The average Bonchev–Trinajstić information content (AvgIpc) is 2.10. The van der Waals surface area contributed by atoms with Crippen LogP contribution in [0.3, 0.4) is 0 Å². The molecule has 0 aromatic carbocycles. The summed E-state index contributed by atoms with van der Waals surface area (Å²) >= 11 is 0. The van der Waals surface area contributed by atoms with Crippen LogP contribution in [0.4, 0.5) is 0 Å². The van der Waals surface area contributed by atoms with E-state index in [0.717, 1.165) is 13.2 Å². The molecule has 0 aromatic rings. The second-order valence-electron chi connectivity index (χ2n) is 2.85. The topological polar surface area (TPSA) is 24.1 Å². The molecule has 12 heavy (non-hydrogen) atoms. The Hall–Kier alpha value is -0.123. The first-order chi connectivity index (χ1) is 5.91. The van der Waals surface area contributed by atoms with Gasteiger partial charge in [-0.05, 0) is 13.0 Å². The lowest BCUT2D eigenvalue weighted by Crippen LogP contribution is -2.30. The minimum Gasteiger partial charge on any atom is -0.327 e. The molecule has 0 aliphatic rings. The van der Waals surface area contributed by atoms with E-state index in [1.165, 1.54) is 19.3 Å². The van der Waals surface area contributed by atoms with E-state index in [1.54, 1.807) is 0 Å². The van der Waals surface area contributed by atoms with E-state index in [0.29, 0.717) is 0 Å². The summed E-state index contributed by atoms with van der Waals surface area (Å²) in [5, 5.41) is 3.24. The van der Waals surface area contributed by atoms with E-state index in [9.17, 15) is 0 Å². The van der Waals surface area contributed by atoms with Crippen LogP contribution in [0.15, 0.2) is 11.8 Å². The quantitative estimate of drug-likeness (QED) is 0.335. The lowest BCUT2D eigenvalue weighted by molar-refractivity contribution is 0.705. The lowest BCUT2D eigenvalue weighted by Gasteiger charge is -1.99. The summed E-state index contributed by atoms with van der Waals surface area (Å²) in [7, 11) is -0.130. The summed E-state index contributed by atoms with van der Waals surface area (Å²) < 4.78 is 0. The Labute approximate surface area is 78.7 Å². The lowest BCUT2D eigenvalue weighted by atomic mass is 10.2. The molecule has 0 aromatic heterocycles. The molecule has 72 valence electrons.